The second kappa shape index (κ2) is 3.01. The van der Waals surface area contributed by atoms with Gasteiger partial charge in [0.25, 0.3) is 0 Å². The van der Waals surface area contributed by atoms with Gasteiger partial charge in [-0.15, -0.1) is 0 Å². The minimum absolute atomic E-state index is 0.163. The van der Waals surface area contributed by atoms with Gasteiger partial charge in [0.2, 0.25) is 0 Å². The summed E-state index contributed by atoms with van der Waals surface area (Å²) in [5, 5.41) is 11.7. The zero-order chi connectivity index (χ0) is 7.56. The molecule has 1 saturated heterocycles. The van der Waals surface area contributed by atoms with Crippen LogP contribution < -0.4 is 5.32 Å². The van der Waals surface area contributed by atoms with Gasteiger partial charge in [-0.2, -0.15) is 0 Å². The average Bonchev–Trinajstić information content (AvgIpc) is 1.88. The minimum atomic E-state index is -0.668. The summed E-state index contributed by atoms with van der Waals surface area (Å²) < 4.78 is 0. The number of carboxylic acids is 1. The number of hydrogen-bond donors (Lipinski definition) is 2. The summed E-state index contributed by atoms with van der Waals surface area (Å²) in [7, 11) is 0. The maximum atomic E-state index is 10.5. The molecule has 2 atom stereocenters. The third-order valence-electron chi connectivity index (χ3n) is 1.92. The van der Waals surface area contributed by atoms with Crippen molar-refractivity contribution in [1.82, 2.24) is 5.32 Å². The average molecular weight is 143 g/mol. The fourth-order valence-corrected chi connectivity index (χ4v) is 1.34. The molecule has 0 aromatic heterocycles. The molecular formula is C7H13NO2. The number of aliphatic carboxylic acids is 1. The molecule has 1 rings (SSSR count). The van der Waals surface area contributed by atoms with Crippen LogP contribution in [0.15, 0.2) is 0 Å². The Labute approximate surface area is 60.4 Å². The van der Waals surface area contributed by atoms with E-state index in [0.29, 0.717) is 12.5 Å². The third kappa shape index (κ3) is 1.70. The lowest BCUT2D eigenvalue weighted by molar-refractivity contribution is -0.142. The van der Waals surface area contributed by atoms with Crippen LogP contribution in [0.25, 0.3) is 0 Å². The van der Waals surface area contributed by atoms with E-state index in [0.717, 1.165) is 13.0 Å². The lowest BCUT2D eigenvalue weighted by atomic mass is 9.92. The predicted octanol–water partition coefficient (Wildman–Crippen LogP) is 0.317. The smallest absolute Gasteiger partial charge is 0.307 e. The molecule has 3 nitrogen and oxygen atoms in total. The van der Waals surface area contributed by atoms with Crippen LogP contribution in [-0.4, -0.2) is 24.2 Å². The first kappa shape index (κ1) is 7.54. The lowest BCUT2D eigenvalue weighted by Crippen LogP contribution is -2.38. The molecule has 3 heteroatoms. The van der Waals surface area contributed by atoms with E-state index in [1.165, 1.54) is 0 Å². The van der Waals surface area contributed by atoms with E-state index in [9.17, 15) is 4.79 Å². The van der Waals surface area contributed by atoms with Crippen molar-refractivity contribution in [1.29, 1.82) is 0 Å². The fourth-order valence-electron chi connectivity index (χ4n) is 1.34. The van der Waals surface area contributed by atoms with Crippen LogP contribution in [0.1, 0.15) is 13.3 Å². The molecule has 1 heterocycles. The van der Waals surface area contributed by atoms with Crippen LogP contribution in [-0.2, 0) is 4.79 Å². The molecule has 0 spiro atoms. The molecule has 0 radical (unpaired) electrons. The second-order valence-corrected chi connectivity index (χ2v) is 3.03. The quantitative estimate of drug-likeness (QED) is 0.555. The Kier molecular flexibility index (Phi) is 2.27. The molecular weight excluding hydrogens is 130 g/mol. The van der Waals surface area contributed by atoms with Crippen molar-refractivity contribution in [3.05, 3.63) is 0 Å². The van der Waals surface area contributed by atoms with Gasteiger partial charge in [-0.25, -0.2) is 0 Å². The topological polar surface area (TPSA) is 49.3 Å². The number of hydrogen-bond acceptors (Lipinski definition) is 2. The number of carboxylic acid groups (broad SMARTS) is 1. The maximum absolute atomic E-state index is 10.5. The maximum Gasteiger partial charge on any atom is 0.307 e. The van der Waals surface area contributed by atoms with Gasteiger partial charge in [0, 0.05) is 6.54 Å². The molecule has 1 fully saturated rings. The molecule has 10 heavy (non-hydrogen) atoms. The van der Waals surface area contributed by atoms with Crippen molar-refractivity contribution in [3.63, 3.8) is 0 Å². The van der Waals surface area contributed by atoms with Crippen LogP contribution >= 0.6 is 0 Å². The van der Waals surface area contributed by atoms with Gasteiger partial charge in [-0.1, -0.05) is 6.92 Å². The van der Waals surface area contributed by atoms with E-state index in [4.69, 9.17) is 5.11 Å². The van der Waals surface area contributed by atoms with Gasteiger partial charge < -0.3 is 10.4 Å². The standard InChI is InChI=1S/C7H13NO2/c1-5-2-6(7(9)10)4-8-3-5/h5-6,8H,2-4H2,1H3,(H,9,10)/t5-,6?/m1/s1. The first-order valence-electron chi connectivity index (χ1n) is 3.63. The Bertz CT molecular complexity index is 136. The van der Waals surface area contributed by atoms with E-state index in [2.05, 4.69) is 12.2 Å². The summed E-state index contributed by atoms with van der Waals surface area (Å²) in [6.07, 6.45) is 0.822. The molecule has 0 aromatic carbocycles. The molecule has 1 aliphatic heterocycles. The zero-order valence-corrected chi connectivity index (χ0v) is 6.13. The SMILES string of the molecule is C[C@H]1CNCC(C(=O)O)C1. The molecule has 0 bridgehead atoms. The third-order valence-corrected chi connectivity index (χ3v) is 1.92. The van der Waals surface area contributed by atoms with E-state index in [-0.39, 0.29) is 5.92 Å². The molecule has 1 unspecified atom stereocenters. The van der Waals surface area contributed by atoms with Crippen molar-refractivity contribution >= 4 is 5.97 Å². The van der Waals surface area contributed by atoms with Gasteiger partial charge in [-0.3, -0.25) is 4.79 Å². The monoisotopic (exact) mass is 143 g/mol. The second-order valence-electron chi connectivity index (χ2n) is 3.03. The Morgan fingerprint density at radius 3 is 2.70 bits per heavy atom. The van der Waals surface area contributed by atoms with Crippen LogP contribution in [0.2, 0.25) is 0 Å². The van der Waals surface area contributed by atoms with Gasteiger partial charge in [0.15, 0.2) is 0 Å². The summed E-state index contributed by atoms with van der Waals surface area (Å²) in [5.41, 5.74) is 0. The Morgan fingerprint density at radius 1 is 1.60 bits per heavy atom. The Balaban J connectivity index is 2.39. The summed E-state index contributed by atoms with van der Waals surface area (Å²) in [5.74, 6) is -0.322. The fraction of sp³-hybridized carbons (Fsp3) is 0.857. The van der Waals surface area contributed by atoms with E-state index < -0.39 is 5.97 Å². The van der Waals surface area contributed by atoms with Crippen molar-refractivity contribution in [2.75, 3.05) is 13.1 Å². The summed E-state index contributed by atoms with van der Waals surface area (Å²) in [4.78, 5) is 10.5. The van der Waals surface area contributed by atoms with Crippen LogP contribution in [0.4, 0.5) is 0 Å². The van der Waals surface area contributed by atoms with E-state index >= 15 is 0 Å². The van der Waals surface area contributed by atoms with Crippen LogP contribution in [0.5, 0.6) is 0 Å². The summed E-state index contributed by atoms with van der Waals surface area (Å²) in [6, 6.07) is 0. The van der Waals surface area contributed by atoms with Gasteiger partial charge in [-0.05, 0) is 18.9 Å². The first-order valence-corrected chi connectivity index (χ1v) is 3.63. The van der Waals surface area contributed by atoms with Crippen molar-refractivity contribution in [2.24, 2.45) is 11.8 Å². The van der Waals surface area contributed by atoms with Gasteiger partial charge in [0.1, 0.15) is 0 Å². The highest BCUT2D eigenvalue weighted by Crippen LogP contribution is 2.15. The van der Waals surface area contributed by atoms with Crippen LogP contribution in [0, 0.1) is 11.8 Å². The van der Waals surface area contributed by atoms with Crippen LogP contribution in [0.3, 0.4) is 0 Å². The van der Waals surface area contributed by atoms with Crippen molar-refractivity contribution < 1.29 is 9.90 Å². The highest BCUT2D eigenvalue weighted by molar-refractivity contribution is 5.70. The summed E-state index contributed by atoms with van der Waals surface area (Å²) in [6.45, 7) is 3.67. The Hall–Kier alpha value is -0.570. The molecule has 2 N–H and O–H groups in total. The van der Waals surface area contributed by atoms with Crippen molar-refractivity contribution in [3.8, 4) is 0 Å². The number of piperidine rings is 1. The number of carbonyl (C=O) groups is 1. The normalized spacial score (nSPS) is 33.7. The highest BCUT2D eigenvalue weighted by Gasteiger charge is 2.23. The van der Waals surface area contributed by atoms with Gasteiger partial charge >= 0.3 is 5.97 Å². The molecule has 0 aromatic rings. The molecule has 0 amide bonds. The lowest BCUT2D eigenvalue weighted by Gasteiger charge is -2.24. The Morgan fingerprint density at radius 2 is 2.30 bits per heavy atom. The predicted molar refractivity (Wildman–Crippen MR) is 37.8 cm³/mol. The zero-order valence-electron chi connectivity index (χ0n) is 6.13. The largest absolute Gasteiger partial charge is 0.481 e. The van der Waals surface area contributed by atoms with E-state index in [1.807, 2.05) is 0 Å². The minimum Gasteiger partial charge on any atom is -0.481 e. The highest BCUT2D eigenvalue weighted by atomic mass is 16.4. The number of rotatable bonds is 1. The molecule has 0 aliphatic carbocycles. The first-order chi connectivity index (χ1) is 4.70. The van der Waals surface area contributed by atoms with Gasteiger partial charge in [0.05, 0.1) is 5.92 Å². The molecule has 0 saturated carbocycles. The summed E-state index contributed by atoms with van der Waals surface area (Å²) >= 11 is 0. The van der Waals surface area contributed by atoms with E-state index in [1.54, 1.807) is 0 Å². The number of nitrogens with one attached hydrogen (secondary N) is 1. The molecule has 58 valence electrons. The molecule has 1 aliphatic rings. The van der Waals surface area contributed by atoms with Crippen molar-refractivity contribution in [2.45, 2.75) is 13.3 Å².